The van der Waals surface area contributed by atoms with Crippen LogP contribution >= 0.6 is 11.8 Å². The Labute approximate surface area is 104 Å². The fraction of sp³-hybridized carbons (Fsp3) is 0.333. The SMILES string of the molecule is [NH3+]CCN1C(=O)SC(Cc2ccccc2)C1=O. The van der Waals surface area contributed by atoms with Gasteiger partial charge in [-0.1, -0.05) is 42.1 Å². The zero-order valence-corrected chi connectivity index (χ0v) is 10.3. The number of hydrogen-bond donors (Lipinski definition) is 1. The summed E-state index contributed by atoms with van der Waals surface area (Å²) in [6, 6.07) is 9.77. The van der Waals surface area contributed by atoms with Crippen molar-refractivity contribution in [3.05, 3.63) is 35.9 Å². The molecule has 1 atom stereocenters. The number of rotatable bonds is 4. The molecule has 1 aromatic rings. The lowest BCUT2D eigenvalue weighted by Crippen LogP contribution is -2.55. The number of thioether (sulfide) groups is 1. The third-order valence-corrected chi connectivity index (χ3v) is 3.73. The summed E-state index contributed by atoms with van der Waals surface area (Å²) in [5.41, 5.74) is 4.76. The van der Waals surface area contributed by atoms with Gasteiger partial charge in [-0.05, 0) is 12.0 Å². The highest BCUT2D eigenvalue weighted by Crippen LogP contribution is 2.29. The molecule has 0 saturated carbocycles. The van der Waals surface area contributed by atoms with Gasteiger partial charge in [0.05, 0.1) is 18.3 Å². The van der Waals surface area contributed by atoms with Crippen molar-refractivity contribution in [2.24, 2.45) is 0 Å². The summed E-state index contributed by atoms with van der Waals surface area (Å²) in [5.74, 6) is -0.0764. The van der Waals surface area contributed by atoms with Crippen LogP contribution in [0.4, 0.5) is 4.79 Å². The van der Waals surface area contributed by atoms with Gasteiger partial charge in [-0.15, -0.1) is 0 Å². The van der Waals surface area contributed by atoms with Crippen molar-refractivity contribution in [1.29, 1.82) is 0 Å². The minimum Gasteiger partial charge on any atom is -0.356 e. The Bertz CT molecular complexity index is 422. The molecule has 1 unspecified atom stereocenters. The molecule has 0 bridgehead atoms. The van der Waals surface area contributed by atoms with Gasteiger partial charge in [0.25, 0.3) is 5.24 Å². The molecular weight excluding hydrogens is 236 g/mol. The van der Waals surface area contributed by atoms with Gasteiger partial charge in [-0.2, -0.15) is 0 Å². The third-order valence-electron chi connectivity index (χ3n) is 2.65. The molecule has 17 heavy (non-hydrogen) atoms. The maximum Gasteiger partial charge on any atom is 0.289 e. The van der Waals surface area contributed by atoms with Crippen molar-refractivity contribution in [3.8, 4) is 0 Å². The summed E-state index contributed by atoms with van der Waals surface area (Å²) in [4.78, 5) is 24.9. The van der Waals surface area contributed by atoms with Crippen LogP contribution in [0.2, 0.25) is 0 Å². The van der Waals surface area contributed by atoms with Crippen molar-refractivity contribution in [1.82, 2.24) is 4.90 Å². The molecule has 4 nitrogen and oxygen atoms in total. The fourth-order valence-electron chi connectivity index (χ4n) is 1.82. The zero-order chi connectivity index (χ0) is 12.3. The summed E-state index contributed by atoms with van der Waals surface area (Å²) >= 11 is 1.13. The van der Waals surface area contributed by atoms with E-state index >= 15 is 0 Å². The van der Waals surface area contributed by atoms with E-state index in [4.69, 9.17) is 0 Å². The maximum absolute atomic E-state index is 12.0. The minimum absolute atomic E-state index is 0.0764. The van der Waals surface area contributed by atoms with E-state index in [0.717, 1.165) is 17.3 Å². The fourth-order valence-corrected chi connectivity index (χ4v) is 2.87. The number of hydrogen-bond acceptors (Lipinski definition) is 3. The summed E-state index contributed by atoms with van der Waals surface area (Å²) in [6.45, 7) is 0.992. The van der Waals surface area contributed by atoms with Crippen molar-refractivity contribution >= 4 is 22.9 Å². The number of amides is 2. The lowest BCUT2D eigenvalue weighted by atomic mass is 10.1. The standard InChI is InChI=1S/C12H14N2O2S/c13-6-7-14-11(15)10(17-12(14)16)8-9-4-2-1-3-5-9/h1-5,10H,6-8,13H2/p+1. The molecular formula is C12H15N2O2S+. The Kier molecular flexibility index (Phi) is 3.81. The normalized spacial score (nSPS) is 20.1. The van der Waals surface area contributed by atoms with Crippen molar-refractivity contribution < 1.29 is 15.3 Å². The van der Waals surface area contributed by atoms with Crippen LogP contribution in [0.1, 0.15) is 5.56 Å². The van der Waals surface area contributed by atoms with Crippen LogP contribution in [0.15, 0.2) is 30.3 Å². The highest BCUT2D eigenvalue weighted by molar-refractivity contribution is 8.15. The second kappa shape index (κ2) is 5.33. The van der Waals surface area contributed by atoms with E-state index in [-0.39, 0.29) is 16.4 Å². The van der Waals surface area contributed by atoms with E-state index in [1.54, 1.807) is 0 Å². The molecule has 1 aliphatic rings. The first-order valence-electron chi connectivity index (χ1n) is 5.57. The Morgan fingerprint density at radius 3 is 2.59 bits per heavy atom. The lowest BCUT2D eigenvalue weighted by molar-refractivity contribution is -0.367. The molecule has 1 aliphatic heterocycles. The first-order chi connectivity index (χ1) is 8.22. The number of nitrogens with zero attached hydrogens (tertiary/aromatic N) is 1. The average molecular weight is 251 g/mol. The smallest absolute Gasteiger partial charge is 0.289 e. The van der Waals surface area contributed by atoms with Gasteiger partial charge >= 0.3 is 0 Å². The monoisotopic (exact) mass is 251 g/mol. The molecule has 90 valence electrons. The van der Waals surface area contributed by atoms with Gasteiger partial charge in [-0.3, -0.25) is 14.5 Å². The van der Waals surface area contributed by atoms with Gasteiger partial charge in [0.15, 0.2) is 0 Å². The van der Waals surface area contributed by atoms with E-state index in [0.29, 0.717) is 19.5 Å². The molecule has 1 fully saturated rings. The summed E-state index contributed by atoms with van der Waals surface area (Å²) in [7, 11) is 0. The van der Waals surface area contributed by atoms with Crippen LogP contribution in [0.3, 0.4) is 0 Å². The number of carbonyl (C=O) groups excluding carboxylic acids is 2. The third kappa shape index (κ3) is 2.68. The van der Waals surface area contributed by atoms with Crippen molar-refractivity contribution in [2.45, 2.75) is 11.7 Å². The predicted octanol–water partition coefficient (Wildman–Crippen LogP) is 0.535. The lowest BCUT2D eigenvalue weighted by Gasteiger charge is -2.11. The molecule has 0 aromatic heterocycles. The van der Waals surface area contributed by atoms with Crippen LogP contribution in [0.5, 0.6) is 0 Å². The number of carbonyl (C=O) groups is 2. The van der Waals surface area contributed by atoms with Gasteiger partial charge in [0, 0.05) is 0 Å². The molecule has 2 rings (SSSR count). The van der Waals surface area contributed by atoms with Crippen LogP contribution in [-0.4, -0.2) is 34.4 Å². The van der Waals surface area contributed by atoms with Crippen molar-refractivity contribution in [3.63, 3.8) is 0 Å². The average Bonchev–Trinajstić information content (AvgIpc) is 2.59. The van der Waals surface area contributed by atoms with Crippen LogP contribution in [0, 0.1) is 0 Å². The molecule has 0 radical (unpaired) electrons. The summed E-state index contributed by atoms with van der Waals surface area (Å²) < 4.78 is 0. The first kappa shape index (κ1) is 12.1. The van der Waals surface area contributed by atoms with E-state index in [1.807, 2.05) is 30.3 Å². The highest BCUT2D eigenvalue weighted by Gasteiger charge is 2.39. The largest absolute Gasteiger partial charge is 0.356 e. The van der Waals surface area contributed by atoms with E-state index in [2.05, 4.69) is 5.73 Å². The van der Waals surface area contributed by atoms with E-state index in [9.17, 15) is 9.59 Å². The van der Waals surface area contributed by atoms with Gasteiger partial charge in [0.2, 0.25) is 5.91 Å². The first-order valence-corrected chi connectivity index (χ1v) is 6.45. The van der Waals surface area contributed by atoms with Crippen LogP contribution in [0.25, 0.3) is 0 Å². The van der Waals surface area contributed by atoms with Gasteiger partial charge in [0.1, 0.15) is 0 Å². The molecule has 0 aliphatic carbocycles. The molecule has 5 heteroatoms. The molecule has 3 N–H and O–H groups in total. The van der Waals surface area contributed by atoms with Crippen molar-refractivity contribution in [2.75, 3.05) is 13.1 Å². The number of imide groups is 1. The second-order valence-corrected chi connectivity index (χ2v) is 5.06. The summed E-state index contributed by atoms with van der Waals surface area (Å²) in [6.07, 6.45) is 0.615. The van der Waals surface area contributed by atoms with Crippen LogP contribution in [-0.2, 0) is 11.2 Å². The molecule has 1 aromatic carbocycles. The summed E-state index contributed by atoms with van der Waals surface area (Å²) in [5, 5.41) is -0.406. The van der Waals surface area contributed by atoms with Gasteiger partial charge < -0.3 is 5.73 Å². The molecule has 0 spiro atoms. The Morgan fingerprint density at radius 2 is 1.94 bits per heavy atom. The molecule has 2 amide bonds. The van der Waals surface area contributed by atoms with Gasteiger partial charge in [-0.25, -0.2) is 0 Å². The topological polar surface area (TPSA) is 65.0 Å². The molecule has 1 heterocycles. The quantitative estimate of drug-likeness (QED) is 0.849. The Balaban J connectivity index is 2.04. The minimum atomic E-state index is -0.267. The number of benzene rings is 1. The Morgan fingerprint density at radius 1 is 1.24 bits per heavy atom. The molecule has 1 saturated heterocycles. The van der Waals surface area contributed by atoms with E-state index in [1.165, 1.54) is 4.90 Å². The maximum atomic E-state index is 12.0. The second-order valence-electron chi connectivity index (χ2n) is 3.91. The highest BCUT2D eigenvalue weighted by atomic mass is 32.2. The number of quaternary nitrogens is 1. The van der Waals surface area contributed by atoms with E-state index < -0.39 is 0 Å². The zero-order valence-electron chi connectivity index (χ0n) is 9.46. The van der Waals surface area contributed by atoms with Crippen LogP contribution < -0.4 is 5.73 Å². The Hall–Kier alpha value is -1.33. The predicted molar refractivity (Wildman–Crippen MR) is 66.4 cm³/mol.